The number of hydrogen-bond donors (Lipinski definition) is 1. The van der Waals surface area contributed by atoms with E-state index in [1.54, 1.807) is 0 Å². The average Bonchev–Trinajstić information content (AvgIpc) is 2.95. The fraction of sp³-hybridized carbons (Fsp3) is 0.529. The average molecular weight is 286 g/mol. The van der Waals surface area contributed by atoms with Crippen LogP contribution in [0.1, 0.15) is 40.7 Å². The first kappa shape index (κ1) is 14.3. The molecule has 0 radical (unpaired) electrons. The van der Waals surface area contributed by atoms with Gasteiger partial charge in [0.05, 0.1) is 6.54 Å². The Kier molecular flexibility index (Phi) is 4.06. The zero-order valence-corrected chi connectivity index (χ0v) is 12.3. The topological polar surface area (TPSA) is 63.4 Å². The molecule has 4 nitrogen and oxygen atoms in total. The third kappa shape index (κ3) is 3.16. The van der Waals surface area contributed by atoms with Crippen molar-refractivity contribution >= 4 is 11.7 Å². The number of aryl methyl sites for hydroxylation is 2. The van der Waals surface area contributed by atoms with Crippen LogP contribution in [0.5, 0.6) is 0 Å². The van der Waals surface area contributed by atoms with Gasteiger partial charge >= 0.3 is 0 Å². The van der Waals surface area contributed by atoms with Gasteiger partial charge in [0, 0.05) is 11.5 Å². The van der Waals surface area contributed by atoms with Crippen molar-refractivity contribution in [1.82, 2.24) is 4.90 Å². The summed E-state index contributed by atoms with van der Waals surface area (Å²) in [4.78, 5) is 25.7. The van der Waals surface area contributed by atoms with E-state index in [4.69, 9.17) is 5.73 Å². The Labute approximate surface area is 125 Å². The molecule has 1 aliphatic heterocycles. The fourth-order valence-corrected chi connectivity index (χ4v) is 3.42. The van der Waals surface area contributed by atoms with Crippen LogP contribution in [0.4, 0.5) is 0 Å². The number of carbonyl (C=O) groups excluding carboxylic acids is 2. The van der Waals surface area contributed by atoms with E-state index >= 15 is 0 Å². The highest BCUT2D eigenvalue weighted by Gasteiger charge is 2.24. The van der Waals surface area contributed by atoms with Gasteiger partial charge in [0.2, 0.25) is 5.91 Å². The molecule has 1 aromatic rings. The number of hydrogen-bond acceptors (Lipinski definition) is 3. The van der Waals surface area contributed by atoms with Crippen LogP contribution in [-0.2, 0) is 17.6 Å². The third-order valence-electron chi connectivity index (χ3n) is 4.78. The van der Waals surface area contributed by atoms with Gasteiger partial charge in [-0.2, -0.15) is 0 Å². The molecule has 4 heteroatoms. The number of nitrogens with two attached hydrogens (primary N) is 1. The summed E-state index contributed by atoms with van der Waals surface area (Å²) in [6, 6.07) is 6.14. The van der Waals surface area contributed by atoms with Crippen molar-refractivity contribution in [1.29, 1.82) is 0 Å². The molecule has 1 saturated heterocycles. The Morgan fingerprint density at radius 1 is 1.14 bits per heavy atom. The van der Waals surface area contributed by atoms with Gasteiger partial charge in [0.25, 0.3) is 0 Å². The fourth-order valence-electron chi connectivity index (χ4n) is 3.42. The number of carbonyl (C=O) groups is 2. The first-order valence-corrected chi connectivity index (χ1v) is 7.80. The van der Waals surface area contributed by atoms with Crippen molar-refractivity contribution in [2.75, 3.05) is 19.6 Å². The number of benzene rings is 1. The molecular formula is C17H22N2O2. The van der Waals surface area contributed by atoms with Crippen molar-refractivity contribution in [2.24, 2.45) is 11.7 Å². The van der Waals surface area contributed by atoms with Crippen molar-refractivity contribution in [3.05, 3.63) is 34.9 Å². The SMILES string of the molecule is NC(=O)C1CCN(CC(=O)c2ccc3c(c2)CCC3)CC1. The zero-order valence-electron chi connectivity index (χ0n) is 12.3. The Morgan fingerprint density at radius 3 is 2.57 bits per heavy atom. The highest BCUT2D eigenvalue weighted by molar-refractivity contribution is 5.97. The van der Waals surface area contributed by atoms with Gasteiger partial charge in [0.15, 0.2) is 5.78 Å². The molecule has 3 rings (SSSR count). The molecule has 1 amide bonds. The molecule has 2 aliphatic rings. The van der Waals surface area contributed by atoms with E-state index in [9.17, 15) is 9.59 Å². The van der Waals surface area contributed by atoms with Crippen LogP contribution in [0.25, 0.3) is 0 Å². The van der Waals surface area contributed by atoms with Crippen LogP contribution in [0.15, 0.2) is 18.2 Å². The van der Waals surface area contributed by atoms with Gasteiger partial charge in [-0.1, -0.05) is 12.1 Å². The van der Waals surface area contributed by atoms with Crippen molar-refractivity contribution in [3.8, 4) is 0 Å². The summed E-state index contributed by atoms with van der Waals surface area (Å²) in [5, 5.41) is 0. The van der Waals surface area contributed by atoms with Gasteiger partial charge in [-0.05, 0) is 62.4 Å². The number of fused-ring (bicyclic) bond motifs is 1. The predicted molar refractivity (Wildman–Crippen MR) is 81.2 cm³/mol. The minimum Gasteiger partial charge on any atom is -0.369 e. The number of primary amides is 1. The summed E-state index contributed by atoms with van der Waals surface area (Å²) in [6.07, 6.45) is 4.98. The van der Waals surface area contributed by atoms with Gasteiger partial charge in [-0.25, -0.2) is 0 Å². The lowest BCUT2D eigenvalue weighted by molar-refractivity contribution is -0.123. The maximum Gasteiger partial charge on any atom is 0.220 e. The molecule has 1 aliphatic carbocycles. The number of piperidine rings is 1. The van der Waals surface area contributed by atoms with Crippen LogP contribution in [0.3, 0.4) is 0 Å². The summed E-state index contributed by atoms with van der Waals surface area (Å²) in [5.41, 5.74) is 8.90. The Balaban J connectivity index is 1.58. The van der Waals surface area contributed by atoms with Crippen molar-refractivity contribution in [2.45, 2.75) is 32.1 Å². The molecule has 1 heterocycles. The van der Waals surface area contributed by atoms with Crippen LogP contribution in [-0.4, -0.2) is 36.2 Å². The number of likely N-dealkylation sites (tertiary alicyclic amines) is 1. The largest absolute Gasteiger partial charge is 0.369 e. The summed E-state index contributed by atoms with van der Waals surface area (Å²) in [7, 11) is 0. The third-order valence-corrected chi connectivity index (χ3v) is 4.78. The molecule has 0 aromatic heterocycles. The van der Waals surface area contributed by atoms with Gasteiger partial charge < -0.3 is 5.73 Å². The summed E-state index contributed by atoms with van der Waals surface area (Å²) >= 11 is 0. The number of ketones is 1. The van der Waals surface area contributed by atoms with Gasteiger partial charge in [0.1, 0.15) is 0 Å². The first-order chi connectivity index (χ1) is 10.1. The van der Waals surface area contributed by atoms with E-state index in [-0.39, 0.29) is 17.6 Å². The molecule has 112 valence electrons. The van der Waals surface area contributed by atoms with Gasteiger partial charge in [-0.15, -0.1) is 0 Å². The molecule has 2 N–H and O–H groups in total. The maximum atomic E-state index is 12.4. The lowest BCUT2D eigenvalue weighted by Crippen LogP contribution is -2.40. The molecule has 21 heavy (non-hydrogen) atoms. The highest BCUT2D eigenvalue weighted by atomic mass is 16.1. The summed E-state index contributed by atoms with van der Waals surface area (Å²) < 4.78 is 0. The van der Waals surface area contributed by atoms with E-state index in [0.29, 0.717) is 6.54 Å². The molecule has 0 bridgehead atoms. The second-order valence-corrected chi connectivity index (χ2v) is 6.21. The van der Waals surface area contributed by atoms with Gasteiger partial charge in [-0.3, -0.25) is 14.5 Å². The van der Waals surface area contributed by atoms with E-state index in [1.165, 1.54) is 17.5 Å². The summed E-state index contributed by atoms with van der Waals surface area (Å²) in [6.45, 7) is 2.01. The van der Waals surface area contributed by atoms with E-state index in [0.717, 1.165) is 44.3 Å². The number of Topliss-reactive ketones (excluding diaryl/α,β-unsaturated/α-hetero) is 1. The van der Waals surface area contributed by atoms with Crippen molar-refractivity contribution in [3.63, 3.8) is 0 Å². The minimum absolute atomic E-state index is 0.0173. The van der Waals surface area contributed by atoms with Crippen molar-refractivity contribution < 1.29 is 9.59 Å². The standard InChI is InChI=1S/C17H22N2O2/c18-17(21)13-6-8-19(9-7-13)11-16(20)15-5-4-12-2-1-3-14(12)10-15/h4-5,10,13H,1-3,6-9,11H2,(H2,18,21). The first-order valence-electron chi connectivity index (χ1n) is 7.80. The molecule has 0 spiro atoms. The smallest absolute Gasteiger partial charge is 0.220 e. The van der Waals surface area contributed by atoms with Crippen LogP contribution < -0.4 is 5.73 Å². The van der Waals surface area contributed by atoms with E-state index < -0.39 is 0 Å². The number of rotatable bonds is 4. The highest BCUT2D eigenvalue weighted by Crippen LogP contribution is 2.23. The summed E-state index contributed by atoms with van der Waals surface area (Å²) in [5.74, 6) is -0.0434. The maximum absolute atomic E-state index is 12.4. The lowest BCUT2D eigenvalue weighted by Gasteiger charge is -2.29. The quantitative estimate of drug-likeness (QED) is 0.854. The Morgan fingerprint density at radius 2 is 1.86 bits per heavy atom. The minimum atomic E-state index is -0.209. The van der Waals surface area contributed by atoms with Crippen LogP contribution in [0, 0.1) is 5.92 Å². The van der Waals surface area contributed by atoms with Crippen LogP contribution >= 0.6 is 0 Å². The Bertz CT molecular complexity index is 560. The molecule has 0 saturated carbocycles. The number of amides is 1. The molecule has 1 aromatic carbocycles. The molecule has 0 unspecified atom stereocenters. The zero-order chi connectivity index (χ0) is 14.8. The molecule has 1 fully saturated rings. The lowest BCUT2D eigenvalue weighted by atomic mass is 9.95. The predicted octanol–water partition coefficient (Wildman–Crippen LogP) is 1.56. The van der Waals surface area contributed by atoms with E-state index in [2.05, 4.69) is 17.0 Å². The monoisotopic (exact) mass is 286 g/mol. The molecule has 0 atom stereocenters. The molecular weight excluding hydrogens is 264 g/mol. The normalized spacial score (nSPS) is 19.4. The second kappa shape index (κ2) is 5.98. The van der Waals surface area contributed by atoms with Crippen LogP contribution in [0.2, 0.25) is 0 Å². The van der Waals surface area contributed by atoms with E-state index in [1.807, 2.05) is 6.07 Å². The number of nitrogens with zero attached hydrogens (tertiary/aromatic N) is 1. The second-order valence-electron chi connectivity index (χ2n) is 6.21. The Hall–Kier alpha value is -1.68.